The van der Waals surface area contributed by atoms with Gasteiger partial charge in [-0.2, -0.15) is 0 Å². The number of carboxylic acid groups (broad SMARTS) is 1. The minimum absolute atomic E-state index is 0.140. The van der Waals surface area contributed by atoms with Crippen LogP contribution in [-0.4, -0.2) is 30.1 Å². The summed E-state index contributed by atoms with van der Waals surface area (Å²) in [5.41, 5.74) is 4.15. The van der Waals surface area contributed by atoms with Crippen molar-refractivity contribution < 1.29 is 19.4 Å². The lowest BCUT2D eigenvalue weighted by atomic mass is 9.86. The summed E-state index contributed by atoms with van der Waals surface area (Å²) in [6.07, 6.45) is -0.0247. The van der Waals surface area contributed by atoms with Crippen LogP contribution in [0.2, 0.25) is 0 Å². The van der Waals surface area contributed by atoms with E-state index in [4.69, 9.17) is 4.74 Å². The van der Waals surface area contributed by atoms with Crippen molar-refractivity contribution in [1.29, 1.82) is 0 Å². The maximum Gasteiger partial charge on any atom is 0.332 e. The first-order valence-corrected chi connectivity index (χ1v) is 8.64. The topological polar surface area (TPSA) is 75.6 Å². The van der Waals surface area contributed by atoms with E-state index in [0.29, 0.717) is 13.0 Å². The lowest BCUT2D eigenvalue weighted by Crippen LogP contribution is -2.30. The van der Waals surface area contributed by atoms with Gasteiger partial charge in [-0.3, -0.25) is 4.79 Å². The molecule has 2 N–H and O–H groups in total. The monoisotopic (exact) mass is 355 g/mol. The van der Waals surface area contributed by atoms with Crippen molar-refractivity contribution in [2.45, 2.75) is 38.9 Å². The zero-order chi connectivity index (χ0) is 18.9. The van der Waals surface area contributed by atoms with Crippen LogP contribution < -0.4 is 5.32 Å². The highest BCUT2D eigenvalue weighted by molar-refractivity contribution is 5.72. The average Bonchev–Trinajstić information content (AvgIpc) is 2.62. The van der Waals surface area contributed by atoms with E-state index in [2.05, 4.69) is 5.32 Å². The van der Waals surface area contributed by atoms with E-state index >= 15 is 0 Å². The third kappa shape index (κ3) is 5.43. The number of amides is 1. The number of hydrogen-bond acceptors (Lipinski definition) is 3. The highest BCUT2D eigenvalue weighted by atomic mass is 16.5. The number of nitrogens with one attached hydrogen (secondary N) is 1. The Bertz CT molecular complexity index is 710. The summed E-state index contributed by atoms with van der Waals surface area (Å²) >= 11 is 0. The van der Waals surface area contributed by atoms with Crippen molar-refractivity contribution in [1.82, 2.24) is 5.32 Å². The second kappa shape index (κ2) is 9.73. The molecule has 0 aliphatic rings. The quantitative estimate of drug-likeness (QED) is 0.642. The molecule has 0 fully saturated rings. The summed E-state index contributed by atoms with van der Waals surface area (Å²) < 4.78 is 5.69. The molecule has 0 heterocycles. The second-order valence-electron chi connectivity index (χ2n) is 6.39. The minimum Gasteiger partial charge on any atom is -0.479 e. The lowest BCUT2D eigenvalue weighted by molar-refractivity contribution is -0.152. The number of ether oxygens (including phenoxy) is 1. The van der Waals surface area contributed by atoms with Gasteiger partial charge in [0.05, 0.1) is 6.61 Å². The van der Waals surface area contributed by atoms with Crippen LogP contribution in [0.25, 0.3) is 0 Å². The summed E-state index contributed by atoms with van der Waals surface area (Å²) in [7, 11) is 0. The molecule has 2 rings (SSSR count). The minimum atomic E-state index is -0.997. The van der Waals surface area contributed by atoms with Gasteiger partial charge < -0.3 is 15.2 Å². The highest BCUT2D eigenvalue weighted by Gasteiger charge is 2.26. The summed E-state index contributed by atoms with van der Waals surface area (Å²) in [6.45, 7) is 4.60. The van der Waals surface area contributed by atoms with Crippen LogP contribution in [0, 0.1) is 13.8 Å². The van der Waals surface area contributed by atoms with E-state index in [-0.39, 0.29) is 18.9 Å². The molecule has 138 valence electrons. The van der Waals surface area contributed by atoms with Gasteiger partial charge in [-0.15, -0.1) is 0 Å². The molecule has 26 heavy (non-hydrogen) atoms. The standard InChI is InChI=1S/C21H25NO4/c1-15-7-6-8-16(2)20(15)18(12-22-14-23)11-19(21(24)25)26-13-17-9-4-3-5-10-17/h3-10,14,18-19H,11-13H2,1-2H3,(H,22,23)(H,24,25). The SMILES string of the molecule is Cc1cccc(C)c1C(CNC=O)CC(OCc1ccccc1)C(=O)O. The summed E-state index contributed by atoms with van der Waals surface area (Å²) in [5, 5.41) is 12.3. The van der Waals surface area contributed by atoms with Crippen LogP contribution in [0.4, 0.5) is 0 Å². The Morgan fingerprint density at radius 1 is 1.12 bits per heavy atom. The van der Waals surface area contributed by atoms with Gasteiger partial charge in [0.25, 0.3) is 0 Å². The fraction of sp³-hybridized carbons (Fsp3) is 0.333. The molecule has 2 aromatic carbocycles. The molecule has 0 radical (unpaired) electrons. The zero-order valence-electron chi connectivity index (χ0n) is 15.1. The fourth-order valence-corrected chi connectivity index (χ4v) is 3.23. The second-order valence-corrected chi connectivity index (χ2v) is 6.39. The van der Waals surface area contributed by atoms with Crippen LogP contribution in [-0.2, 0) is 20.9 Å². The van der Waals surface area contributed by atoms with Crippen LogP contribution in [0.3, 0.4) is 0 Å². The fourth-order valence-electron chi connectivity index (χ4n) is 3.23. The van der Waals surface area contributed by atoms with Gasteiger partial charge in [0, 0.05) is 12.5 Å². The van der Waals surface area contributed by atoms with Crippen molar-refractivity contribution in [2.24, 2.45) is 0 Å². The van der Waals surface area contributed by atoms with E-state index < -0.39 is 12.1 Å². The number of aliphatic carboxylic acids is 1. The maximum absolute atomic E-state index is 11.7. The third-order valence-corrected chi connectivity index (χ3v) is 4.47. The molecule has 2 atom stereocenters. The smallest absolute Gasteiger partial charge is 0.332 e. The van der Waals surface area contributed by atoms with E-state index in [1.165, 1.54) is 0 Å². The first-order valence-electron chi connectivity index (χ1n) is 8.64. The molecule has 0 aliphatic heterocycles. The Balaban J connectivity index is 2.17. The number of aryl methyl sites for hydroxylation is 2. The van der Waals surface area contributed by atoms with E-state index in [9.17, 15) is 14.7 Å². The molecular formula is C21H25NO4. The predicted octanol–water partition coefficient (Wildman–Crippen LogP) is 3.19. The first kappa shape index (κ1) is 19.7. The Labute approximate surface area is 154 Å². The average molecular weight is 355 g/mol. The van der Waals surface area contributed by atoms with Crippen molar-refractivity contribution in [2.75, 3.05) is 6.54 Å². The number of carbonyl (C=O) groups excluding carboxylic acids is 1. The van der Waals surface area contributed by atoms with E-state index in [1.54, 1.807) is 0 Å². The van der Waals surface area contributed by atoms with Crippen molar-refractivity contribution in [3.63, 3.8) is 0 Å². The molecule has 2 unspecified atom stereocenters. The van der Waals surface area contributed by atoms with Crippen LogP contribution in [0.5, 0.6) is 0 Å². The van der Waals surface area contributed by atoms with Gasteiger partial charge in [-0.1, -0.05) is 48.5 Å². The van der Waals surface area contributed by atoms with E-state index in [1.807, 2.05) is 62.4 Å². The molecule has 0 saturated heterocycles. The molecule has 0 spiro atoms. The Morgan fingerprint density at radius 3 is 2.35 bits per heavy atom. The van der Waals surface area contributed by atoms with Gasteiger partial charge >= 0.3 is 5.97 Å². The number of rotatable bonds is 10. The van der Waals surface area contributed by atoms with E-state index in [0.717, 1.165) is 22.3 Å². The summed E-state index contributed by atoms with van der Waals surface area (Å²) in [4.78, 5) is 22.5. The van der Waals surface area contributed by atoms with Crippen LogP contribution >= 0.6 is 0 Å². The Morgan fingerprint density at radius 2 is 1.77 bits per heavy atom. The van der Waals surface area contributed by atoms with Crippen LogP contribution in [0.15, 0.2) is 48.5 Å². The Hall–Kier alpha value is -2.66. The number of carbonyl (C=O) groups is 2. The van der Waals surface area contributed by atoms with Crippen molar-refractivity contribution >= 4 is 12.4 Å². The van der Waals surface area contributed by atoms with Crippen molar-refractivity contribution in [3.05, 3.63) is 70.8 Å². The first-order chi connectivity index (χ1) is 12.5. The molecule has 0 saturated carbocycles. The molecule has 5 heteroatoms. The highest BCUT2D eigenvalue weighted by Crippen LogP contribution is 2.28. The Kier molecular flexibility index (Phi) is 7.36. The van der Waals surface area contributed by atoms with Crippen molar-refractivity contribution in [3.8, 4) is 0 Å². The summed E-state index contributed by atoms with van der Waals surface area (Å²) in [6, 6.07) is 15.4. The van der Waals surface area contributed by atoms with Gasteiger partial charge in [0.15, 0.2) is 6.10 Å². The molecule has 0 aliphatic carbocycles. The number of benzene rings is 2. The third-order valence-electron chi connectivity index (χ3n) is 4.47. The number of carboxylic acids is 1. The molecule has 5 nitrogen and oxygen atoms in total. The normalized spacial score (nSPS) is 13.0. The zero-order valence-corrected chi connectivity index (χ0v) is 15.1. The molecular weight excluding hydrogens is 330 g/mol. The number of hydrogen-bond donors (Lipinski definition) is 2. The largest absolute Gasteiger partial charge is 0.479 e. The van der Waals surface area contributed by atoms with Crippen LogP contribution in [0.1, 0.15) is 34.6 Å². The lowest BCUT2D eigenvalue weighted by Gasteiger charge is -2.24. The van der Waals surface area contributed by atoms with Gasteiger partial charge in [0.2, 0.25) is 6.41 Å². The summed E-state index contributed by atoms with van der Waals surface area (Å²) in [5.74, 6) is -1.14. The molecule has 1 amide bonds. The van der Waals surface area contributed by atoms with Gasteiger partial charge in [-0.05, 0) is 42.5 Å². The van der Waals surface area contributed by atoms with Gasteiger partial charge in [0.1, 0.15) is 0 Å². The molecule has 0 bridgehead atoms. The maximum atomic E-state index is 11.7. The predicted molar refractivity (Wildman–Crippen MR) is 100.0 cm³/mol. The van der Waals surface area contributed by atoms with Gasteiger partial charge in [-0.25, -0.2) is 4.79 Å². The molecule has 2 aromatic rings. The molecule has 0 aromatic heterocycles.